The van der Waals surface area contributed by atoms with Gasteiger partial charge in [0.05, 0.1) is 29.7 Å². The lowest BCUT2D eigenvalue weighted by molar-refractivity contribution is -0.131. The first-order chi connectivity index (χ1) is 11.3. The molecule has 6 nitrogen and oxygen atoms in total. The minimum absolute atomic E-state index is 0.0834. The average molecular weight is 327 g/mol. The number of carbonyl (C=O) groups excluding carboxylic acids is 3. The van der Waals surface area contributed by atoms with Gasteiger partial charge in [-0.25, -0.2) is 4.90 Å². The third kappa shape index (κ3) is 1.70. The molecule has 2 amide bonds. The number of hydrogen-bond donors (Lipinski definition) is 1. The fourth-order valence-corrected chi connectivity index (χ4v) is 4.14. The summed E-state index contributed by atoms with van der Waals surface area (Å²) in [5.41, 5.74) is -1.06. The largest absolute Gasteiger partial charge is 0.393 e. The van der Waals surface area contributed by atoms with E-state index >= 15 is 0 Å². The average Bonchev–Trinajstić information content (AvgIpc) is 3.14. The molecule has 2 bridgehead atoms. The van der Waals surface area contributed by atoms with Crippen LogP contribution in [-0.2, 0) is 14.3 Å². The predicted octanol–water partition coefficient (Wildman–Crippen LogP) is 1.08. The molecule has 1 aromatic carbocycles. The van der Waals surface area contributed by atoms with Crippen LogP contribution in [0.25, 0.3) is 0 Å². The fourth-order valence-electron chi connectivity index (χ4n) is 4.14. The van der Waals surface area contributed by atoms with Crippen LogP contribution in [0.3, 0.4) is 0 Å². The molecule has 0 radical (unpaired) electrons. The maximum absolute atomic E-state index is 12.9. The fraction of sp³-hybridized carbons (Fsp3) is 0.389. The summed E-state index contributed by atoms with van der Waals surface area (Å²) in [4.78, 5) is 38.4. The standard InChI is InChI=1S/C18H17NO5/c1-10(21)11-3-5-12(6-4-11)19-15(22)13-14(16(19)23)18(9-20)8-7-17(13,2)24-18/h3-8,13-14,20H,9H2,1-2H3/t13-,14+,17-,18+/m0/s1. The molecule has 0 aromatic heterocycles. The molecule has 6 heteroatoms. The van der Waals surface area contributed by atoms with Crippen LogP contribution >= 0.6 is 0 Å². The quantitative estimate of drug-likeness (QED) is 0.510. The van der Waals surface area contributed by atoms with Crippen molar-refractivity contribution in [3.05, 3.63) is 42.0 Å². The number of ether oxygens (including phenoxy) is 1. The molecule has 0 aliphatic carbocycles. The maximum Gasteiger partial charge on any atom is 0.241 e. The van der Waals surface area contributed by atoms with E-state index in [1.807, 2.05) is 0 Å². The number of ketones is 1. The van der Waals surface area contributed by atoms with Crippen molar-refractivity contribution in [1.82, 2.24) is 0 Å². The van der Waals surface area contributed by atoms with Crippen LogP contribution in [0.1, 0.15) is 24.2 Å². The summed E-state index contributed by atoms with van der Waals surface area (Å²) in [5, 5.41) is 9.77. The number of hydrogen-bond acceptors (Lipinski definition) is 5. The maximum atomic E-state index is 12.9. The Morgan fingerprint density at radius 2 is 1.79 bits per heavy atom. The first kappa shape index (κ1) is 15.2. The second-order valence-electron chi connectivity index (χ2n) is 6.80. The minimum atomic E-state index is -1.12. The Morgan fingerprint density at radius 1 is 1.17 bits per heavy atom. The van der Waals surface area contributed by atoms with Crippen LogP contribution in [0, 0.1) is 11.8 Å². The van der Waals surface area contributed by atoms with Crippen LogP contribution < -0.4 is 4.90 Å². The van der Waals surface area contributed by atoms with Crippen molar-refractivity contribution in [2.45, 2.75) is 25.0 Å². The molecule has 3 aliphatic heterocycles. The van der Waals surface area contributed by atoms with Gasteiger partial charge in [0.25, 0.3) is 0 Å². The van der Waals surface area contributed by atoms with Crippen LogP contribution in [0.15, 0.2) is 36.4 Å². The summed E-state index contributed by atoms with van der Waals surface area (Å²) in [6.45, 7) is 2.87. The van der Waals surface area contributed by atoms with Gasteiger partial charge in [0, 0.05) is 5.56 Å². The van der Waals surface area contributed by atoms with Crippen molar-refractivity contribution in [3.8, 4) is 0 Å². The normalized spacial score (nSPS) is 36.5. The Morgan fingerprint density at radius 3 is 2.38 bits per heavy atom. The number of anilines is 1. The van der Waals surface area contributed by atoms with E-state index in [0.29, 0.717) is 11.3 Å². The topological polar surface area (TPSA) is 83.9 Å². The lowest BCUT2D eigenvalue weighted by atomic mass is 9.73. The molecule has 2 fully saturated rings. The van der Waals surface area contributed by atoms with E-state index < -0.39 is 23.0 Å². The van der Waals surface area contributed by atoms with E-state index in [4.69, 9.17) is 4.74 Å². The van der Waals surface area contributed by atoms with Gasteiger partial charge in [-0.3, -0.25) is 14.4 Å². The summed E-state index contributed by atoms with van der Waals surface area (Å²) in [7, 11) is 0. The highest BCUT2D eigenvalue weighted by molar-refractivity contribution is 6.23. The third-order valence-corrected chi connectivity index (χ3v) is 5.34. The van der Waals surface area contributed by atoms with Gasteiger partial charge in [-0.2, -0.15) is 0 Å². The number of rotatable bonds is 3. The molecule has 0 spiro atoms. The molecular formula is C18H17NO5. The summed E-state index contributed by atoms with van der Waals surface area (Å²) in [6, 6.07) is 6.38. The zero-order valence-electron chi connectivity index (χ0n) is 13.4. The van der Waals surface area contributed by atoms with Crippen LogP contribution in [0.5, 0.6) is 0 Å². The van der Waals surface area contributed by atoms with E-state index in [1.54, 1.807) is 43.3 Å². The Kier molecular flexibility index (Phi) is 2.93. The highest BCUT2D eigenvalue weighted by Gasteiger charge is 2.72. The Hall–Kier alpha value is -2.31. The molecule has 24 heavy (non-hydrogen) atoms. The van der Waals surface area contributed by atoms with Crippen molar-refractivity contribution in [1.29, 1.82) is 0 Å². The van der Waals surface area contributed by atoms with Gasteiger partial charge in [0.2, 0.25) is 11.8 Å². The van der Waals surface area contributed by atoms with E-state index in [0.717, 1.165) is 4.90 Å². The van der Waals surface area contributed by atoms with Gasteiger partial charge >= 0.3 is 0 Å². The summed E-state index contributed by atoms with van der Waals surface area (Å²) < 4.78 is 5.87. The molecule has 4 rings (SSSR count). The zero-order valence-corrected chi connectivity index (χ0v) is 13.4. The molecule has 0 unspecified atom stereocenters. The van der Waals surface area contributed by atoms with Gasteiger partial charge in [-0.15, -0.1) is 0 Å². The number of amides is 2. The number of imide groups is 1. The second-order valence-corrected chi connectivity index (χ2v) is 6.80. The van der Waals surface area contributed by atoms with Gasteiger partial charge < -0.3 is 9.84 Å². The smallest absolute Gasteiger partial charge is 0.241 e. The predicted molar refractivity (Wildman–Crippen MR) is 84.4 cm³/mol. The van der Waals surface area contributed by atoms with Gasteiger partial charge in [0.1, 0.15) is 5.60 Å². The summed E-state index contributed by atoms with van der Waals surface area (Å²) in [6.07, 6.45) is 3.46. The van der Waals surface area contributed by atoms with Crippen molar-refractivity contribution in [3.63, 3.8) is 0 Å². The highest BCUT2D eigenvalue weighted by atomic mass is 16.5. The Bertz CT molecular complexity index is 798. The number of aliphatic hydroxyl groups is 1. The monoisotopic (exact) mass is 327 g/mol. The molecule has 0 saturated carbocycles. The molecule has 3 heterocycles. The number of benzene rings is 1. The van der Waals surface area contributed by atoms with Crippen LogP contribution in [0.2, 0.25) is 0 Å². The van der Waals surface area contributed by atoms with Crippen molar-refractivity contribution < 1.29 is 24.2 Å². The molecule has 2 saturated heterocycles. The van der Waals surface area contributed by atoms with Crippen molar-refractivity contribution in [2.75, 3.05) is 11.5 Å². The van der Waals surface area contributed by atoms with E-state index in [1.165, 1.54) is 6.92 Å². The highest BCUT2D eigenvalue weighted by Crippen LogP contribution is 2.57. The minimum Gasteiger partial charge on any atom is -0.393 e. The molecule has 3 aliphatic rings. The van der Waals surface area contributed by atoms with Crippen LogP contribution in [0.4, 0.5) is 5.69 Å². The third-order valence-electron chi connectivity index (χ3n) is 5.34. The van der Waals surface area contributed by atoms with E-state index in [-0.39, 0.29) is 24.2 Å². The Labute approximate surface area is 138 Å². The molecular weight excluding hydrogens is 310 g/mol. The summed E-state index contributed by atoms with van der Waals surface area (Å²) in [5.74, 6) is -2.16. The van der Waals surface area contributed by atoms with Gasteiger partial charge in [-0.05, 0) is 38.1 Å². The SMILES string of the molecule is CC(=O)c1ccc(N2C(=O)[C@@H]3[C@H](C2=O)[C@]2(CO)C=C[C@]3(C)O2)cc1. The van der Waals surface area contributed by atoms with Crippen molar-refractivity contribution in [2.24, 2.45) is 11.8 Å². The van der Waals surface area contributed by atoms with Crippen molar-refractivity contribution >= 4 is 23.3 Å². The number of nitrogens with zero attached hydrogens (tertiary/aromatic N) is 1. The Balaban J connectivity index is 1.75. The molecule has 4 atom stereocenters. The van der Waals surface area contributed by atoms with E-state index in [9.17, 15) is 19.5 Å². The van der Waals surface area contributed by atoms with Crippen LogP contribution in [-0.4, -0.2) is 40.5 Å². The zero-order chi connectivity index (χ0) is 17.3. The van der Waals surface area contributed by atoms with Gasteiger partial charge in [-0.1, -0.05) is 12.2 Å². The van der Waals surface area contributed by atoms with Gasteiger partial charge in [0.15, 0.2) is 5.78 Å². The lowest BCUT2D eigenvalue weighted by Crippen LogP contribution is -2.43. The number of carbonyl (C=O) groups is 3. The number of aliphatic hydroxyl groups excluding tert-OH is 1. The molecule has 124 valence electrons. The molecule has 1 aromatic rings. The first-order valence-corrected chi connectivity index (χ1v) is 7.83. The lowest BCUT2D eigenvalue weighted by Gasteiger charge is -2.27. The van der Waals surface area contributed by atoms with E-state index in [2.05, 4.69) is 0 Å². The second kappa shape index (κ2) is 4.62. The number of fused-ring (bicyclic) bond motifs is 5. The first-order valence-electron chi connectivity index (χ1n) is 7.83. The molecule has 1 N–H and O–H groups in total. The summed E-state index contributed by atoms with van der Waals surface area (Å²) >= 11 is 0. The number of Topliss-reactive ketones (excluding diaryl/α,β-unsaturated/α-hetero) is 1.